The van der Waals surface area contributed by atoms with Crippen LogP contribution in [0.15, 0.2) is 109 Å². The maximum atomic E-state index is 9.36. The van der Waals surface area contributed by atoms with Crippen LogP contribution in [0.3, 0.4) is 0 Å². The van der Waals surface area contributed by atoms with Crippen LogP contribution >= 0.6 is 0 Å². The summed E-state index contributed by atoms with van der Waals surface area (Å²) in [4.78, 5) is 2.22. The highest BCUT2D eigenvalue weighted by Gasteiger charge is 2.12. The zero-order chi connectivity index (χ0) is 18.5. The molecule has 0 amide bonds. The normalized spacial score (nSPS) is 10.2. The molecule has 0 aliphatic carbocycles. The van der Waals surface area contributed by atoms with E-state index in [0.717, 1.165) is 28.2 Å². The Labute approximate surface area is 159 Å². The molecule has 2 nitrogen and oxygen atoms in total. The molecule has 0 aliphatic rings. The van der Waals surface area contributed by atoms with Crippen molar-refractivity contribution in [3.8, 4) is 17.2 Å². The van der Waals surface area contributed by atoms with Crippen LogP contribution in [0.1, 0.15) is 5.56 Å². The fraction of sp³-hybridized carbons (Fsp3) is 0. The number of rotatable bonds is 4. The Hall–Kier alpha value is -3.83. The fourth-order valence-electron chi connectivity index (χ4n) is 3.22. The highest BCUT2D eigenvalue weighted by atomic mass is 15.1. The smallest absolute Gasteiger partial charge is 0.0998 e. The van der Waals surface area contributed by atoms with Gasteiger partial charge in [-0.2, -0.15) is 5.26 Å². The Bertz CT molecular complexity index is 1020. The summed E-state index contributed by atoms with van der Waals surface area (Å²) in [5.74, 6) is 0. The van der Waals surface area contributed by atoms with Gasteiger partial charge in [-0.05, 0) is 53.6 Å². The summed E-state index contributed by atoms with van der Waals surface area (Å²) >= 11 is 0. The van der Waals surface area contributed by atoms with Gasteiger partial charge in [0.2, 0.25) is 0 Å². The molecular weight excluding hydrogens is 328 g/mol. The molecule has 0 N–H and O–H groups in total. The van der Waals surface area contributed by atoms with Crippen LogP contribution < -0.4 is 4.90 Å². The van der Waals surface area contributed by atoms with Crippen molar-refractivity contribution in [2.45, 2.75) is 0 Å². The third kappa shape index (κ3) is 3.44. The van der Waals surface area contributed by atoms with Gasteiger partial charge < -0.3 is 4.90 Å². The SMILES string of the molecule is N#Cc1ccccc1-c1ccc(N(c2ccccc2)c2ccccc2)cc1. The van der Waals surface area contributed by atoms with Gasteiger partial charge in [-0.1, -0.05) is 66.7 Å². The molecule has 0 fully saturated rings. The number of benzene rings is 4. The summed E-state index contributed by atoms with van der Waals surface area (Å²) in [6, 6.07) is 38.9. The molecule has 2 heteroatoms. The zero-order valence-corrected chi connectivity index (χ0v) is 14.8. The Morgan fingerprint density at radius 1 is 0.519 bits per heavy atom. The van der Waals surface area contributed by atoms with E-state index in [1.807, 2.05) is 60.7 Å². The molecule has 0 heterocycles. The number of nitrogens with zero attached hydrogens (tertiary/aromatic N) is 2. The van der Waals surface area contributed by atoms with Crippen molar-refractivity contribution in [1.82, 2.24) is 0 Å². The number of para-hydroxylation sites is 2. The fourth-order valence-corrected chi connectivity index (χ4v) is 3.22. The van der Waals surface area contributed by atoms with Crippen molar-refractivity contribution >= 4 is 17.1 Å². The van der Waals surface area contributed by atoms with Crippen LogP contribution in [0.25, 0.3) is 11.1 Å². The van der Waals surface area contributed by atoms with E-state index in [1.165, 1.54) is 0 Å². The lowest BCUT2D eigenvalue weighted by Gasteiger charge is -2.25. The monoisotopic (exact) mass is 346 g/mol. The molecule has 0 unspecified atom stereocenters. The topological polar surface area (TPSA) is 27.0 Å². The standard InChI is InChI=1S/C25H18N2/c26-19-21-9-7-8-14-25(21)20-15-17-24(18-16-20)27(22-10-3-1-4-11-22)23-12-5-2-6-13-23/h1-18H. The third-order valence-corrected chi connectivity index (χ3v) is 4.51. The van der Waals surface area contributed by atoms with Gasteiger partial charge in [-0.15, -0.1) is 0 Å². The molecule has 0 spiro atoms. The predicted molar refractivity (Wildman–Crippen MR) is 111 cm³/mol. The first-order chi connectivity index (χ1) is 13.4. The van der Waals surface area contributed by atoms with E-state index < -0.39 is 0 Å². The predicted octanol–water partition coefficient (Wildman–Crippen LogP) is 6.70. The minimum Gasteiger partial charge on any atom is -0.311 e. The summed E-state index contributed by atoms with van der Waals surface area (Å²) in [5.41, 5.74) is 5.97. The number of anilines is 3. The molecule has 128 valence electrons. The number of hydrogen-bond acceptors (Lipinski definition) is 2. The molecule has 0 radical (unpaired) electrons. The average molecular weight is 346 g/mol. The zero-order valence-electron chi connectivity index (χ0n) is 14.8. The van der Waals surface area contributed by atoms with Crippen molar-refractivity contribution in [2.24, 2.45) is 0 Å². The molecule has 0 bridgehead atoms. The second-order valence-corrected chi connectivity index (χ2v) is 6.21. The van der Waals surface area contributed by atoms with Gasteiger partial charge in [0.15, 0.2) is 0 Å². The molecule has 0 atom stereocenters. The quantitative estimate of drug-likeness (QED) is 0.411. The molecular formula is C25H18N2. The molecule has 4 aromatic rings. The molecule has 27 heavy (non-hydrogen) atoms. The van der Waals surface area contributed by atoms with Crippen LogP contribution in [-0.2, 0) is 0 Å². The van der Waals surface area contributed by atoms with Crippen LogP contribution in [0.4, 0.5) is 17.1 Å². The van der Waals surface area contributed by atoms with Gasteiger partial charge in [-0.25, -0.2) is 0 Å². The van der Waals surface area contributed by atoms with E-state index >= 15 is 0 Å². The lowest BCUT2D eigenvalue weighted by molar-refractivity contribution is 1.28. The van der Waals surface area contributed by atoms with Crippen LogP contribution in [0.5, 0.6) is 0 Å². The number of nitriles is 1. The minimum absolute atomic E-state index is 0.688. The molecule has 4 rings (SSSR count). The van der Waals surface area contributed by atoms with Crippen molar-refractivity contribution in [1.29, 1.82) is 5.26 Å². The molecule has 0 aromatic heterocycles. The third-order valence-electron chi connectivity index (χ3n) is 4.51. The Kier molecular flexibility index (Phi) is 4.68. The van der Waals surface area contributed by atoms with E-state index in [2.05, 4.69) is 59.5 Å². The molecule has 4 aromatic carbocycles. The molecule has 0 saturated heterocycles. The van der Waals surface area contributed by atoms with Gasteiger partial charge in [-0.3, -0.25) is 0 Å². The summed E-state index contributed by atoms with van der Waals surface area (Å²) in [6.07, 6.45) is 0. The van der Waals surface area contributed by atoms with Crippen molar-refractivity contribution < 1.29 is 0 Å². The van der Waals surface area contributed by atoms with Gasteiger partial charge in [0.1, 0.15) is 0 Å². The summed E-state index contributed by atoms with van der Waals surface area (Å²) in [6.45, 7) is 0. The van der Waals surface area contributed by atoms with Crippen LogP contribution in [0, 0.1) is 11.3 Å². The van der Waals surface area contributed by atoms with Crippen molar-refractivity contribution in [3.63, 3.8) is 0 Å². The lowest BCUT2D eigenvalue weighted by Crippen LogP contribution is -2.09. The second kappa shape index (κ2) is 7.59. The van der Waals surface area contributed by atoms with E-state index in [-0.39, 0.29) is 0 Å². The largest absolute Gasteiger partial charge is 0.311 e. The van der Waals surface area contributed by atoms with E-state index in [4.69, 9.17) is 0 Å². The first-order valence-corrected chi connectivity index (χ1v) is 8.86. The van der Waals surface area contributed by atoms with Crippen molar-refractivity contribution in [2.75, 3.05) is 4.90 Å². The summed E-state index contributed by atoms with van der Waals surface area (Å²) in [5, 5.41) is 9.36. The van der Waals surface area contributed by atoms with Crippen LogP contribution in [0.2, 0.25) is 0 Å². The molecule has 0 saturated carbocycles. The average Bonchev–Trinajstić information content (AvgIpc) is 2.76. The van der Waals surface area contributed by atoms with Crippen LogP contribution in [-0.4, -0.2) is 0 Å². The number of hydrogen-bond donors (Lipinski definition) is 0. The van der Waals surface area contributed by atoms with Gasteiger partial charge >= 0.3 is 0 Å². The maximum Gasteiger partial charge on any atom is 0.0998 e. The maximum absolute atomic E-state index is 9.36. The van der Waals surface area contributed by atoms with E-state index in [1.54, 1.807) is 0 Å². The first kappa shape index (κ1) is 16.6. The van der Waals surface area contributed by atoms with E-state index in [9.17, 15) is 5.26 Å². The minimum atomic E-state index is 0.688. The highest BCUT2D eigenvalue weighted by Crippen LogP contribution is 2.35. The van der Waals surface area contributed by atoms with Gasteiger partial charge in [0.05, 0.1) is 11.6 Å². The van der Waals surface area contributed by atoms with Gasteiger partial charge in [0, 0.05) is 17.1 Å². The van der Waals surface area contributed by atoms with E-state index in [0.29, 0.717) is 5.56 Å². The highest BCUT2D eigenvalue weighted by molar-refractivity contribution is 5.79. The Balaban J connectivity index is 1.77. The lowest BCUT2D eigenvalue weighted by atomic mass is 10.00. The van der Waals surface area contributed by atoms with Gasteiger partial charge in [0.25, 0.3) is 0 Å². The second-order valence-electron chi connectivity index (χ2n) is 6.21. The van der Waals surface area contributed by atoms with Crippen molar-refractivity contribution in [3.05, 3.63) is 115 Å². The molecule has 0 aliphatic heterocycles. The summed E-state index contributed by atoms with van der Waals surface area (Å²) in [7, 11) is 0. The Morgan fingerprint density at radius 3 is 1.56 bits per heavy atom. The first-order valence-electron chi connectivity index (χ1n) is 8.86. The summed E-state index contributed by atoms with van der Waals surface area (Å²) < 4.78 is 0. The Morgan fingerprint density at radius 2 is 1.00 bits per heavy atom.